The number of amides is 1. The van der Waals surface area contributed by atoms with E-state index in [2.05, 4.69) is 37.5 Å². The largest absolute Gasteiger partial charge is 0.491 e. The molecular weight excluding hydrogens is 635 g/mol. The van der Waals surface area contributed by atoms with Crippen molar-refractivity contribution in [3.8, 4) is 17.2 Å². The number of carbonyl (C=O) groups excluding carboxylic acids is 3. The van der Waals surface area contributed by atoms with Crippen LogP contribution in [0.25, 0.3) is 11.5 Å². The molecule has 1 aromatic heterocycles. The van der Waals surface area contributed by atoms with Crippen molar-refractivity contribution >= 4 is 33.8 Å². The van der Waals surface area contributed by atoms with Crippen LogP contribution in [0.1, 0.15) is 36.4 Å². The molecule has 9 nitrogen and oxygen atoms in total. The monoisotopic (exact) mass is 665 g/mol. The quantitative estimate of drug-likeness (QED) is 0.150. The first-order chi connectivity index (χ1) is 20.1. The van der Waals surface area contributed by atoms with Crippen molar-refractivity contribution in [2.24, 2.45) is 0 Å². The number of aromatic nitrogens is 1. The average molecular weight is 666 g/mol. The number of nitrogens with zero attached hydrogens (tertiary/aromatic N) is 2. The molecule has 0 aliphatic rings. The van der Waals surface area contributed by atoms with Crippen LogP contribution >= 0.6 is 15.9 Å². The molecule has 0 aliphatic carbocycles. The van der Waals surface area contributed by atoms with Gasteiger partial charge in [-0.05, 0) is 62.6 Å². The second-order valence-corrected chi connectivity index (χ2v) is 11.0. The van der Waals surface area contributed by atoms with E-state index in [0.29, 0.717) is 35.9 Å². The summed E-state index contributed by atoms with van der Waals surface area (Å²) in [5, 5.41) is 2.62. The third-order valence-corrected chi connectivity index (χ3v) is 6.65. The predicted molar refractivity (Wildman–Crippen MR) is 155 cm³/mol. The maximum Gasteiger partial charge on any atom is 0.491 e. The van der Waals surface area contributed by atoms with Gasteiger partial charge in [0.1, 0.15) is 11.5 Å². The maximum absolute atomic E-state index is 12.6. The molecule has 0 radical (unpaired) electrons. The van der Waals surface area contributed by atoms with Crippen LogP contribution in [0.3, 0.4) is 0 Å². The summed E-state index contributed by atoms with van der Waals surface area (Å²) in [6.07, 6.45) is -3.44. The Hall–Kier alpha value is -3.97. The van der Waals surface area contributed by atoms with E-state index in [4.69, 9.17) is 9.15 Å². The Labute approximate surface area is 255 Å². The number of allylic oxidation sites excluding steroid dienone is 1. The molecule has 1 amide bonds. The highest BCUT2D eigenvalue weighted by Gasteiger charge is 2.45. The summed E-state index contributed by atoms with van der Waals surface area (Å²) in [7, 11) is 1.54. The Bertz CT molecular complexity index is 1500. The van der Waals surface area contributed by atoms with Gasteiger partial charge in [0.15, 0.2) is 0 Å². The second-order valence-electron chi connectivity index (χ2n) is 10.1. The third kappa shape index (κ3) is 9.26. The zero-order valence-electron chi connectivity index (χ0n) is 24.0. The van der Waals surface area contributed by atoms with Gasteiger partial charge < -0.3 is 19.2 Å². The van der Waals surface area contributed by atoms with Crippen LogP contribution in [0.2, 0.25) is 0 Å². The number of hydrogen-bond acceptors (Lipinski definition) is 8. The molecule has 0 saturated heterocycles. The van der Waals surface area contributed by atoms with Gasteiger partial charge in [0, 0.05) is 30.2 Å². The molecule has 3 rings (SSSR count). The summed E-state index contributed by atoms with van der Waals surface area (Å²) in [5.74, 6) is -3.10. The van der Waals surface area contributed by atoms with E-state index in [1.807, 2.05) is 29.2 Å². The Morgan fingerprint density at radius 2 is 1.84 bits per heavy atom. The molecule has 43 heavy (non-hydrogen) atoms. The fourth-order valence-electron chi connectivity index (χ4n) is 3.97. The first-order valence-electron chi connectivity index (χ1n) is 13.0. The number of hydrogen-bond donors (Lipinski definition) is 1. The lowest BCUT2D eigenvalue weighted by Crippen LogP contribution is -2.43. The molecule has 0 aliphatic heterocycles. The van der Waals surface area contributed by atoms with Crippen molar-refractivity contribution in [2.45, 2.75) is 52.1 Å². The van der Waals surface area contributed by atoms with E-state index >= 15 is 0 Å². The zero-order chi connectivity index (χ0) is 31.9. The third-order valence-electron chi connectivity index (χ3n) is 6.15. The summed E-state index contributed by atoms with van der Waals surface area (Å²) < 4.78 is 54.2. The summed E-state index contributed by atoms with van der Waals surface area (Å²) in [6, 6.07) is 12.6. The van der Waals surface area contributed by atoms with Gasteiger partial charge in [-0.1, -0.05) is 40.2 Å². The molecule has 2 aromatic carbocycles. The first-order valence-corrected chi connectivity index (χ1v) is 13.8. The van der Waals surface area contributed by atoms with E-state index in [1.165, 1.54) is 20.9 Å². The lowest BCUT2D eigenvalue weighted by Gasteiger charge is -2.26. The summed E-state index contributed by atoms with van der Waals surface area (Å²) in [4.78, 5) is 42.3. The predicted octanol–water partition coefficient (Wildman–Crippen LogP) is 5.68. The molecule has 0 unspecified atom stereocenters. The van der Waals surface area contributed by atoms with Crippen molar-refractivity contribution in [1.29, 1.82) is 0 Å². The van der Waals surface area contributed by atoms with Crippen molar-refractivity contribution in [3.05, 3.63) is 82.2 Å². The van der Waals surface area contributed by atoms with Gasteiger partial charge >= 0.3 is 18.1 Å². The Morgan fingerprint density at radius 3 is 2.47 bits per heavy atom. The number of benzene rings is 2. The lowest BCUT2D eigenvalue weighted by atomic mass is 10.0. The number of rotatable bonds is 12. The van der Waals surface area contributed by atoms with Gasteiger partial charge in [0.25, 0.3) is 0 Å². The maximum atomic E-state index is 12.6. The van der Waals surface area contributed by atoms with Crippen molar-refractivity contribution in [2.75, 3.05) is 13.6 Å². The van der Waals surface area contributed by atoms with Crippen LogP contribution in [-0.4, -0.2) is 53.1 Å². The Kier molecular flexibility index (Phi) is 10.9. The fraction of sp³-hybridized carbons (Fsp3) is 0.333. The lowest BCUT2D eigenvalue weighted by molar-refractivity contribution is -0.206. The highest BCUT2D eigenvalue weighted by atomic mass is 79.9. The van der Waals surface area contributed by atoms with Gasteiger partial charge in [-0.25, -0.2) is 14.6 Å². The van der Waals surface area contributed by atoms with Crippen LogP contribution in [0.15, 0.2) is 64.0 Å². The number of alkyl halides is 3. The van der Waals surface area contributed by atoms with E-state index in [9.17, 15) is 27.6 Å². The smallest absolute Gasteiger partial charge is 0.476 e. The number of nitrogens with one attached hydrogen (secondary N) is 1. The van der Waals surface area contributed by atoms with Gasteiger partial charge in [-0.15, -0.1) is 6.58 Å². The van der Waals surface area contributed by atoms with Crippen LogP contribution < -0.4 is 10.1 Å². The minimum atomic E-state index is -5.33. The van der Waals surface area contributed by atoms with Crippen molar-refractivity contribution in [3.63, 3.8) is 0 Å². The number of likely N-dealkylation sites (N-methyl/N-ethyl adjacent to an activating group) is 1. The van der Waals surface area contributed by atoms with Gasteiger partial charge in [-0.2, -0.15) is 13.2 Å². The molecule has 1 heterocycles. The molecule has 0 saturated carbocycles. The van der Waals surface area contributed by atoms with Crippen molar-refractivity contribution < 1.29 is 41.4 Å². The van der Waals surface area contributed by atoms with Crippen LogP contribution in [-0.2, 0) is 38.6 Å². The number of oxazole rings is 1. The van der Waals surface area contributed by atoms with E-state index in [-0.39, 0.29) is 24.7 Å². The molecule has 13 heteroatoms. The molecule has 3 aromatic rings. The van der Waals surface area contributed by atoms with E-state index in [1.54, 1.807) is 31.2 Å². The standard InChI is InChI=1S/C30H31BrF3N3O6/c1-6-8-20-13-19(11-12-24(20)43-29(3,4)27(39)42-28(40)30(32,33)34)15-37(17-25(38)35-5)16-23-18(2)41-26(36-23)21-9-7-10-22(31)14-21/h6-7,9-14H,1,8,15-17H2,2-5H3,(H,35,38). The van der Waals surface area contributed by atoms with Crippen molar-refractivity contribution in [1.82, 2.24) is 15.2 Å². The zero-order valence-corrected chi connectivity index (χ0v) is 25.6. The summed E-state index contributed by atoms with van der Waals surface area (Å²) >= 11 is 3.44. The Balaban J connectivity index is 1.84. The minimum absolute atomic E-state index is 0.0518. The van der Waals surface area contributed by atoms with E-state index in [0.717, 1.165) is 15.6 Å². The molecule has 0 bridgehead atoms. The molecule has 230 valence electrons. The number of ether oxygens (including phenoxy) is 2. The summed E-state index contributed by atoms with van der Waals surface area (Å²) in [5.41, 5.74) is 0.874. The number of esters is 2. The van der Waals surface area contributed by atoms with Crippen LogP contribution in [0, 0.1) is 6.92 Å². The SMILES string of the molecule is C=CCc1cc(CN(CC(=O)NC)Cc2nc(-c3cccc(Br)c3)oc2C)ccc1OC(C)(C)C(=O)OC(=O)C(F)(F)F. The average Bonchev–Trinajstić information content (AvgIpc) is 3.29. The fourth-order valence-corrected chi connectivity index (χ4v) is 4.37. The first kappa shape index (κ1) is 33.5. The molecular formula is C30H31BrF3N3O6. The molecule has 0 spiro atoms. The van der Waals surface area contributed by atoms with Gasteiger partial charge in [0.2, 0.25) is 17.4 Å². The Morgan fingerprint density at radius 1 is 1.12 bits per heavy atom. The highest BCUT2D eigenvalue weighted by Crippen LogP contribution is 2.29. The molecule has 0 fully saturated rings. The minimum Gasteiger partial charge on any atom is -0.476 e. The van der Waals surface area contributed by atoms with Crippen LogP contribution in [0.4, 0.5) is 13.2 Å². The van der Waals surface area contributed by atoms with E-state index < -0.39 is 23.7 Å². The number of halogens is 4. The van der Waals surface area contributed by atoms with Crippen LogP contribution in [0.5, 0.6) is 5.75 Å². The second kappa shape index (κ2) is 14.0. The summed E-state index contributed by atoms with van der Waals surface area (Å²) in [6.45, 7) is 8.56. The van der Waals surface area contributed by atoms with Gasteiger partial charge in [-0.3, -0.25) is 9.69 Å². The normalized spacial score (nSPS) is 11.7. The highest BCUT2D eigenvalue weighted by molar-refractivity contribution is 9.10. The molecule has 0 atom stereocenters. The molecule has 1 N–H and O–H groups in total. The number of aryl methyl sites for hydroxylation is 1. The van der Waals surface area contributed by atoms with Gasteiger partial charge in [0.05, 0.1) is 12.2 Å². The topological polar surface area (TPSA) is 111 Å². The number of carbonyl (C=O) groups is 3.